The van der Waals surface area contributed by atoms with Crippen molar-refractivity contribution in [2.24, 2.45) is 0 Å². The number of aliphatic hydroxyl groups excluding tert-OH is 1. The molecular weight excluding hydrogens is 425 g/mol. The monoisotopic (exact) mass is 442 g/mol. The number of halogens is 3. The number of carbonyl (C=O) groups is 1. The van der Waals surface area contributed by atoms with E-state index in [4.69, 9.17) is 5.73 Å². The Hall–Kier alpha value is -3.99. The van der Waals surface area contributed by atoms with Crippen LogP contribution in [0.3, 0.4) is 0 Å². The second-order valence-electron chi connectivity index (χ2n) is 7.11. The average Bonchev–Trinajstić information content (AvgIpc) is 3.03. The third-order valence-corrected chi connectivity index (χ3v) is 4.72. The quantitative estimate of drug-likeness (QED) is 0.447. The fourth-order valence-corrected chi connectivity index (χ4v) is 3.32. The molecule has 32 heavy (non-hydrogen) atoms. The molecule has 164 valence electrons. The van der Waals surface area contributed by atoms with Gasteiger partial charge in [-0.15, -0.1) is 0 Å². The van der Waals surface area contributed by atoms with Crippen LogP contribution in [0.15, 0.2) is 36.4 Å². The number of carbonyl (C=O) groups excluding carboxylic acids is 1. The van der Waals surface area contributed by atoms with Gasteiger partial charge < -0.3 is 16.2 Å². The Bertz CT molecular complexity index is 1350. The van der Waals surface area contributed by atoms with Crippen molar-refractivity contribution in [2.45, 2.75) is 20.0 Å². The summed E-state index contributed by atoms with van der Waals surface area (Å²) in [6.07, 6.45) is -1.86. The molecule has 8 nitrogen and oxygen atoms in total. The number of benzene rings is 2. The van der Waals surface area contributed by atoms with Crippen LogP contribution >= 0.6 is 0 Å². The van der Waals surface area contributed by atoms with Gasteiger partial charge in [0, 0.05) is 11.8 Å². The molecule has 0 aliphatic carbocycles. The highest BCUT2D eigenvalue weighted by molar-refractivity contribution is 5.95. The highest BCUT2D eigenvalue weighted by Gasteiger charge is 2.21. The number of aromatic nitrogens is 4. The van der Waals surface area contributed by atoms with Crippen LogP contribution in [0, 0.1) is 31.3 Å². The normalized spacial score (nSPS) is 12.2. The summed E-state index contributed by atoms with van der Waals surface area (Å²) < 4.78 is 42.9. The molecule has 0 bridgehead atoms. The minimum atomic E-state index is -1.86. The van der Waals surface area contributed by atoms with E-state index in [1.54, 1.807) is 13.8 Å². The Morgan fingerprint density at radius 1 is 1.09 bits per heavy atom. The maximum absolute atomic E-state index is 14.9. The first-order chi connectivity index (χ1) is 15.1. The summed E-state index contributed by atoms with van der Waals surface area (Å²) in [5, 5.41) is 16.7. The van der Waals surface area contributed by atoms with Crippen LogP contribution < -0.4 is 11.1 Å². The van der Waals surface area contributed by atoms with Crippen LogP contribution in [0.4, 0.5) is 24.7 Å². The number of rotatable bonds is 4. The van der Waals surface area contributed by atoms with Gasteiger partial charge in [-0.05, 0) is 49.7 Å². The zero-order valence-electron chi connectivity index (χ0n) is 16.9. The summed E-state index contributed by atoms with van der Waals surface area (Å²) in [7, 11) is 0. The van der Waals surface area contributed by atoms with Crippen LogP contribution in [-0.2, 0) is 4.79 Å². The molecule has 2 aromatic carbocycles. The summed E-state index contributed by atoms with van der Waals surface area (Å²) in [5.41, 5.74) is 7.12. The van der Waals surface area contributed by atoms with Gasteiger partial charge in [-0.1, -0.05) is 0 Å². The Kier molecular flexibility index (Phi) is 5.26. The van der Waals surface area contributed by atoms with Crippen molar-refractivity contribution >= 4 is 28.4 Å². The smallest absolute Gasteiger partial charge is 0.257 e. The number of nitrogens with two attached hydrogens (primary N) is 1. The molecule has 4 N–H and O–H groups in total. The molecule has 0 unspecified atom stereocenters. The SMILES string of the molecule is Cc1nc(N)c2c(n1)c(C)nn2-c1ccc(NC(=O)[C@H](O)c2cc(F)cc(F)c2)cc1F. The number of aliphatic hydroxyl groups is 1. The van der Waals surface area contributed by atoms with Crippen molar-refractivity contribution < 1.29 is 23.1 Å². The largest absolute Gasteiger partial charge is 0.382 e. The van der Waals surface area contributed by atoms with Gasteiger partial charge in [0.25, 0.3) is 5.91 Å². The van der Waals surface area contributed by atoms with Crippen LogP contribution in [-0.4, -0.2) is 30.8 Å². The van der Waals surface area contributed by atoms with Gasteiger partial charge >= 0.3 is 0 Å². The lowest BCUT2D eigenvalue weighted by molar-refractivity contribution is -0.124. The van der Waals surface area contributed by atoms with E-state index < -0.39 is 29.5 Å². The summed E-state index contributed by atoms with van der Waals surface area (Å²) in [6, 6.07) is 6.02. The van der Waals surface area contributed by atoms with Gasteiger partial charge in [0.2, 0.25) is 0 Å². The van der Waals surface area contributed by atoms with Crippen molar-refractivity contribution in [2.75, 3.05) is 11.1 Å². The Morgan fingerprint density at radius 3 is 2.44 bits per heavy atom. The summed E-state index contributed by atoms with van der Waals surface area (Å²) in [4.78, 5) is 20.7. The van der Waals surface area contributed by atoms with E-state index in [0.717, 1.165) is 18.2 Å². The van der Waals surface area contributed by atoms with Gasteiger partial charge in [-0.2, -0.15) is 5.10 Å². The zero-order valence-corrected chi connectivity index (χ0v) is 16.9. The number of amides is 1. The zero-order chi connectivity index (χ0) is 23.2. The van der Waals surface area contributed by atoms with E-state index in [-0.39, 0.29) is 22.8 Å². The molecule has 1 atom stereocenters. The minimum absolute atomic E-state index is 0.0143. The fourth-order valence-electron chi connectivity index (χ4n) is 3.32. The fraction of sp³-hybridized carbons (Fsp3) is 0.143. The number of hydrogen-bond acceptors (Lipinski definition) is 6. The summed E-state index contributed by atoms with van der Waals surface area (Å²) >= 11 is 0. The van der Waals surface area contributed by atoms with E-state index in [2.05, 4.69) is 20.4 Å². The third kappa shape index (κ3) is 3.85. The van der Waals surface area contributed by atoms with Gasteiger partial charge in [-0.3, -0.25) is 4.79 Å². The van der Waals surface area contributed by atoms with Crippen LogP contribution in [0.25, 0.3) is 16.7 Å². The first kappa shape index (κ1) is 21.2. The predicted octanol–water partition coefficient (Wildman–Crippen LogP) is 3.10. The van der Waals surface area contributed by atoms with E-state index in [1.807, 2.05) is 0 Å². The number of nitrogens with one attached hydrogen (secondary N) is 1. The molecule has 0 saturated heterocycles. The number of fused-ring (bicyclic) bond motifs is 1. The second-order valence-corrected chi connectivity index (χ2v) is 7.11. The molecule has 1 amide bonds. The van der Waals surface area contributed by atoms with Crippen LogP contribution in [0.5, 0.6) is 0 Å². The van der Waals surface area contributed by atoms with Crippen LogP contribution in [0.2, 0.25) is 0 Å². The molecule has 11 heteroatoms. The molecule has 0 fully saturated rings. The third-order valence-electron chi connectivity index (χ3n) is 4.72. The molecule has 0 saturated carbocycles. The molecule has 2 aromatic heterocycles. The van der Waals surface area contributed by atoms with E-state index in [1.165, 1.54) is 16.8 Å². The second kappa shape index (κ2) is 7.93. The Morgan fingerprint density at radius 2 is 1.78 bits per heavy atom. The van der Waals surface area contributed by atoms with Gasteiger partial charge in [-0.25, -0.2) is 27.8 Å². The average molecular weight is 442 g/mol. The maximum Gasteiger partial charge on any atom is 0.257 e. The van der Waals surface area contributed by atoms with Crippen molar-refractivity contribution in [1.82, 2.24) is 19.7 Å². The lowest BCUT2D eigenvalue weighted by Gasteiger charge is -2.13. The molecule has 4 aromatic rings. The molecule has 0 spiro atoms. The molecule has 0 radical (unpaired) electrons. The van der Waals surface area contributed by atoms with Gasteiger partial charge in [0.15, 0.2) is 17.7 Å². The molecular formula is C21H17F3N6O2. The lowest BCUT2D eigenvalue weighted by Crippen LogP contribution is -2.21. The maximum atomic E-state index is 14.9. The number of anilines is 2. The van der Waals surface area contributed by atoms with Crippen molar-refractivity contribution in [1.29, 1.82) is 0 Å². The van der Waals surface area contributed by atoms with Gasteiger partial charge in [0.05, 0.1) is 5.69 Å². The highest BCUT2D eigenvalue weighted by atomic mass is 19.1. The van der Waals surface area contributed by atoms with Crippen LogP contribution in [0.1, 0.15) is 23.2 Å². The Balaban J connectivity index is 1.63. The minimum Gasteiger partial charge on any atom is -0.382 e. The number of nitrogen functional groups attached to an aromatic ring is 1. The Labute approximate surface area is 179 Å². The topological polar surface area (TPSA) is 119 Å². The summed E-state index contributed by atoms with van der Waals surface area (Å²) in [5.74, 6) is -3.04. The summed E-state index contributed by atoms with van der Waals surface area (Å²) in [6.45, 7) is 3.38. The number of hydrogen-bond donors (Lipinski definition) is 3. The number of aryl methyl sites for hydroxylation is 2. The number of nitrogens with zero attached hydrogens (tertiary/aromatic N) is 4. The van der Waals surface area contributed by atoms with E-state index >= 15 is 0 Å². The van der Waals surface area contributed by atoms with E-state index in [9.17, 15) is 23.1 Å². The van der Waals surface area contributed by atoms with Crippen molar-refractivity contribution in [3.8, 4) is 5.69 Å². The van der Waals surface area contributed by atoms with Crippen molar-refractivity contribution in [3.05, 3.63) is 70.9 Å². The van der Waals surface area contributed by atoms with E-state index in [0.29, 0.717) is 28.6 Å². The highest BCUT2D eigenvalue weighted by Crippen LogP contribution is 2.27. The molecule has 2 heterocycles. The lowest BCUT2D eigenvalue weighted by atomic mass is 10.1. The molecule has 0 aliphatic rings. The van der Waals surface area contributed by atoms with Gasteiger partial charge in [0.1, 0.15) is 34.2 Å². The predicted molar refractivity (Wildman–Crippen MR) is 110 cm³/mol. The standard InChI is InChI=1S/C21H17F3N6O2/c1-9-17-18(20(25)27-10(2)26-17)30(29-9)16-4-3-14(8-15(16)24)28-21(32)19(31)11-5-12(22)7-13(23)6-11/h3-8,19,31H,1-2H3,(H,28,32)(H2,25,26,27)/t19-/m1/s1. The molecule has 4 rings (SSSR count). The molecule has 0 aliphatic heterocycles. The first-order valence-electron chi connectivity index (χ1n) is 9.38. The first-order valence-corrected chi connectivity index (χ1v) is 9.38. The van der Waals surface area contributed by atoms with Crippen molar-refractivity contribution in [3.63, 3.8) is 0 Å².